The highest BCUT2D eigenvalue weighted by Gasteiger charge is 2.10. The predicted octanol–water partition coefficient (Wildman–Crippen LogP) is 2.72. The number of ether oxygens (including phenoxy) is 1. The molecule has 0 aliphatic carbocycles. The molecule has 0 atom stereocenters. The molecule has 3 amide bonds. The van der Waals surface area contributed by atoms with Crippen molar-refractivity contribution in [3.63, 3.8) is 0 Å². The molecule has 0 radical (unpaired) electrons. The highest BCUT2D eigenvalue weighted by atomic mass is 35.5. The Morgan fingerprint density at radius 2 is 1.55 bits per heavy atom. The monoisotopic (exact) mass is 462 g/mol. The molecule has 0 aliphatic heterocycles. The largest absolute Gasteiger partial charge is 0.494 e. The number of nitrogens with one attached hydrogen (secondary N) is 4. The van der Waals surface area contributed by atoms with Crippen molar-refractivity contribution in [2.75, 3.05) is 11.9 Å². The second kappa shape index (κ2) is 12.5. The van der Waals surface area contributed by atoms with E-state index in [1.54, 1.807) is 48.5 Å². The van der Waals surface area contributed by atoms with E-state index in [0.717, 1.165) is 5.56 Å². The highest BCUT2D eigenvalue weighted by Crippen LogP contribution is 2.15. The molecule has 2 aromatic carbocycles. The average molecular weight is 463 g/mol. The van der Waals surface area contributed by atoms with E-state index in [1.807, 2.05) is 6.92 Å². The number of hydrogen-bond acceptors (Lipinski definition) is 5. The van der Waals surface area contributed by atoms with Gasteiger partial charge in [0, 0.05) is 23.6 Å². The van der Waals surface area contributed by atoms with Crippen LogP contribution in [0.4, 0.5) is 5.69 Å². The van der Waals surface area contributed by atoms with E-state index in [0.29, 0.717) is 23.1 Å². The summed E-state index contributed by atoms with van der Waals surface area (Å²) in [7, 11) is 0. The van der Waals surface area contributed by atoms with E-state index in [4.69, 9.17) is 28.6 Å². The van der Waals surface area contributed by atoms with Gasteiger partial charge in [0.05, 0.1) is 13.0 Å². The molecule has 2 rings (SSSR count). The maximum absolute atomic E-state index is 12.0. The number of amides is 3. The molecule has 8 nitrogen and oxygen atoms in total. The smallest absolute Gasteiger partial charge is 0.238 e. The van der Waals surface area contributed by atoms with Crippen molar-refractivity contribution in [1.29, 1.82) is 0 Å². The first-order valence-electron chi connectivity index (χ1n) is 9.51. The SMILES string of the molecule is CCOc1ccc(NC(=O)CCC(=O)NNC(=S)NC(=O)Cc2ccc(Cl)cc2)cc1. The van der Waals surface area contributed by atoms with Gasteiger partial charge in [-0.2, -0.15) is 0 Å². The third-order valence-electron chi connectivity index (χ3n) is 3.87. The predicted molar refractivity (Wildman–Crippen MR) is 123 cm³/mol. The van der Waals surface area contributed by atoms with Gasteiger partial charge >= 0.3 is 0 Å². The van der Waals surface area contributed by atoms with Crippen LogP contribution < -0.4 is 26.2 Å². The number of halogens is 1. The molecule has 0 fully saturated rings. The summed E-state index contributed by atoms with van der Waals surface area (Å²) in [4.78, 5) is 35.8. The van der Waals surface area contributed by atoms with E-state index in [2.05, 4.69) is 21.5 Å². The van der Waals surface area contributed by atoms with Gasteiger partial charge in [-0.05, 0) is 61.1 Å². The Balaban J connectivity index is 1.64. The third kappa shape index (κ3) is 9.45. The minimum absolute atomic E-state index is 0.0174. The molecule has 0 spiro atoms. The standard InChI is InChI=1S/C21H23ClN4O4S/c1-2-30-17-9-7-16(8-10-17)23-18(27)11-12-19(28)25-26-21(31)24-20(29)13-14-3-5-15(22)6-4-14/h3-10H,2,11-13H2,1H3,(H,23,27)(H,25,28)(H2,24,26,29,31). The zero-order valence-corrected chi connectivity index (χ0v) is 18.4. The molecule has 0 heterocycles. The minimum atomic E-state index is -0.448. The lowest BCUT2D eigenvalue weighted by atomic mass is 10.1. The van der Waals surface area contributed by atoms with Crippen molar-refractivity contribution < 1.29 is 19.1 Å². The minimum Gasteiger partial charge on any atom is -0.494 e. The Hall–Kier alpha value is -3.17. The molecule has 31 heavy (non-hydrogen) atoms. The van der Waals surface area contributed by atoms with Gasteiger partial charge in [-0.15, -0.1) is 0 Å². The van der Waals surface area contributed by atoms with Gasteiger partial charge in [0.2, 0.25) is 17.7 Å². The number of anilines is 1. The van der Waals surface area contributed by atoms with Crippen molar-refractivity contribution in [3.8, 4) is 5.75 Å². The second-order valence-electron chi connectivity index (χ2n) is 6.36. The first-order valence-corrected chi connectivity index (χ1v) is 10.3. The Labute approximate surface area is 190 Å². The topological polar surface area (TPSA) is 109 Å². The summed E-state index contributed by atoms with van der Waals surface area (Å²) in [5.74, 6) is -0.389. The first-order chi connectivity index (χ1) is 14.9. The Bertz CT molecular complexity index is 920. The molecule has 10 heteroatoms. The van der Waals surface area contributed by atoms with Crippen LogP contribution in [0.5, 0.6) is 5.75 Å². The van der Waals surface area contributed by atoms with Gasteiger partial charge in [-0.3, -0.25) is 25.2 Å². The number of carbonyl (C=O) groups is 3. The summed E-state index contributed by atoms with van der Waals surface area (Å²) in [6.45, 7) is 2.45. The van der Waals surface area contributed by atoms with Crippen molar-refractivity contribution in [2.45, 2.75) is 26.2 Å². The molecule has 0 unspecified atom stereocenters. The number of hydrazine groups is 1. The zero-order chi connectivity index (χ0) is 22.6. The lowest BCUT2D eigenvalue weighted by molar-refractivity contribution is -0.124. The van der Waals surface area contributed by atoms with Crippen LogP contribution in [0.3, 0.4) is 0 Å². The molecule has 0 saturated heterocycles. The maximum atomic E-state index is 12.0. The van der Waals surface area contributed by atoms with Crippen molar-refractivity contribution in [3.05, 3.63) is 59.1 Å². The van der Waals surface area contributed by atoms with Crippen LogP contribution in [-0.2, 0) is 20.8 Å². The Kier molecular flexibility index (Phi) is 9.73. The van der Waals surface area contributed by atoms with Crippen LogP contribution in [0.1, 0.15) is 25.3 Å². The molecule has 0 aromatic heterocycles. The van der Waals surface area contributed by atoms with Crippen LogP contribution in [0.25, 0.3) is 0 Å². The lowest BCUT2D eigenvalue weighted by Crippen LogP contribution is -2.48. The van der Waals surface area contributed by atoms with Crippen molar-refractivity contribution in [2.24, 2.45) is 0 Å². The van der Waals surface area contributed by atoms with Gasteiger partial charge in [0.1, 0.15) is 5.75 Å². The molecule has 2 aromatic rings. The molecule has 0 saturated carbocycles. The molecule has 4 N–H and O–H groups in total. The number of hydrogen-bond donors (Lipinski definition) is 4. The molecular weight excluding hydrogens is 440 g/mol. The fourth-order valence-electron chi connectivity index (χ4n) is 2.43. The summed E-state index contributed by atoms with van der Waals surface area (Å²) in [5.41, 5.74) is 6.15. The van der Waals surface area contributed by atoms with Crippen molar-refractivity contribution in [1.82, 2.24) is 16.2 Å². The fourth-order valence-corrected chi connectivity index (χ4v) is 2.72. The molecule has 164 valence electrons. The number of thiocarbonyl (C=S) groups is 1. The van der Waals surface area contributed by atoms with Crippen LogP contribution in [0.2, 0.25) is 5.02 Å². The highest BCUT2D eigenvalue weighted by molar-refractivity contribution is 7.80. The van der Waals surface area contributed by atoms with Gasteiger partial charge in [-0.25, -0.2) is 0 Å². The Morgan fingerprint density at radius 3 is 2.19 bits per heavy atom. The van der Waals surface area contributed by atoms with Gasteiger partial charge in [-0.1, -0.05) is 23.7 Å². The summed E-state index contributed by atoms with van der Waals surface area (Å²) in [6.07, 6.45) is 0.0340. The number of carbonyl (C=O) groups excluding carboxylic acids is 3. The third-order valence-corrected chi connectivity index (χ3v) is 4.33. The second-order valence-corrected chi connectivity index (χ2v) is 7.20. The van der Waals surface area contributed by atoms with E-state index in [-0.39, 0.29) is 36.2 Å². The fraction of sp³-hybridized carbons (Fsp3) is 0.238. The summed E-state index contributed by atoms with van der Waals surface area (Å²) in [5, 5.41) is 5.68. The van der Waals surface area contributed by atoms with E-state index in [1.165, 1.54) is 0 Å². The quantitative estimate of drug-likeness (QED) is 0.355. The molecular formula is C21H23ClN4O4S. The van der Waals surface area contributed by atoms with Crippen molar-refractivity contribution >= 4 is 52.3 Å². The number of benzene rings is 2. The summed E-state index contributed by atoms with van der Waals surface area (Å²) >= 11 is 10.8. The van der Waals surface area contributed by atoms with Gasteiger partial charge in [0.15, 0.2) is 5.11 Å². The molecule has 0 aliphatic rings. The van der Waals surface area contributed by atoms with Crippen LogP contribution in [-0.4, -0.2) is 29.4 Å². The lowest BCUT2D eigenvalue weighted by Gasteiger charge is -2.11. The van der Waals surface area contributed by atoms with Gasteiger partial charge < -0.3 is 15.4 Å². The number of rotatable bonds is 8. The van der Waals surface area contributed by atoms with E-state index in [9.17, 15) is 14.4 Å². The molecule has 0 bridgehead atoms. The summed E-state index contributed by atoms with van der Waals surface area (Å²) < 4.78 is 5.33. The normalized spacial score (nSPS) is 10.0. The van der Waals surface area contributed by atoms with E-state index < -0.39 is 5.91 Å². The maximum Gasteiger partial charge on any atom is 0.238 e. The Morgan fingerprint density at radius 1 is 0.903 bits per heavy atom. The van der Waals surface area contributed by atoms with Crippen LogP contribution >= 0.6 is 23.8 Å². The van der Waals surface area contributed by atoms with E-state index >= 15 is 0 Å². The van der Waals surface area contributed by atoms with Crippen LogP contribution in [0.15, 0.2) is 48.5 Å². The van der Waals surface area contributed by atoms with Gasteiger partial charge in [0.25, 0.3) is 0 Å². The zero-order valence-electron chi connectivity index (χ0n) is 16.9. The first kappa shape index (κ1) is 24.1. The summed E-state index contributed by atoms with van der Waals surface area (Å²) in [6, 6.07) is 13.8. The average Bonchev–Trinajstić information content (AvgIpc) is 2.74. The van der Waals surface area contributed by atoms with Crippen LogP contribution in [0, 0.1) is 0 Å².